The van der Waals surface area contributed by atoms with Crippen molar-refractivity contribution in [3.05, 3.63) is 33.9 Å². The molecule has 0 heterocycles. The molecule has 18 heavy (non-hydrogen) atoms. The molecule has 0 aromatic heterocycles. The minimum Gasteiger partial charge on any atom is -0.396 e. The zero-order valence-electron chi connectivity index (χ0n) is 11.2. The molecule has 0 aliphatic heterocycles. The molecule has 0 saturated carbocycles. The van der Waals surface area contributed by atoms with Crippen LogP contribution >= 0.6 is 0 Å². The summed E-state index contributed by atoms with van der Waals surface area (Å²) in [6.07, 6.45) is 1.28. The van der Waals surface area contributed by atoms with E-state index in [-0.39, 0.29) is 24.4 Å². The second kappa shape index (κ2) is 4.48. The summed E-state index contributed by atoms with van der Waals surface area (Å²) in [5, 5.41) is 18.5. The monoisotopic (exact) mass is 248 g/mol. The Hall–Kier alpha value is -1.19. The molecular formula is C15H20O3. The van der Waals surface area contributed by atoms with Crippen LogP contribution in [0.15, 0.2) is 6.07 Å². The first kappa shape index (κ1) is 13.2. The first-order chi connectivity index (χ1) is 8.42. The fourth-order valence-corrected chi connectivity index (χ4v) is 2.89. The van der Waals surface area contributed by atoms with Crippen molar-refractivity contribution in [2.45, 2.75) is 40.2 Å². The van der Waals surface area contributed by atoms with Crippen molar-refractivity contribution in [1.29, 1.82) is 0 Å². The lowest BCUT2D eigenvalue weighted by molar-refractivity contribution is 0.0863. The van der Waals surface area contributed by atoms with Crippen molar-refractivity contribution in [3.63, 3.8) is 0 Å². The quantitative estimate of drug-likeness (QED) is 0.857. The van der Waals surface area contributed by atoms with Gasteiger partial charge in [0.15, 0.2) is 5.78 Å². The Morgan fingerprint density at radius 2 is 2.00 bits per heavy atom. The Bertz CT molecular complexity index is 501. The van der Waals surface area contributed by atoms with Crippen LogP contribution in [0.4, 0.5) is 0 Å². The van der Waals surface area contributed by atoms with Gasteiger partial charge in [0.1, 0.15) is 0 Å². The standard InChI is InChI=1S/C15H20O3/c1-9-11(4-5-16)10(8-17)6-12-13(9)7-15(2,3)14(12)18/h6,16-17H,4-5,7-8H2,1-3H3. The Morgan fingerprint density at radius 3 is 2.56 bits per heavy atom. The number of carbonyl (C=O) groups is 1. The molecule has 0 bridgehead atoms. The number of aliphatic hydroxyl groups is 2. The molecule has 1 aromatic rings. The van der Waals surface area contributed by atoms with E-state index in [9.17, 15) is 9.90 Å². The molecule has 0 unspecified atom stereocenters. The highest BCUT2D eigenvalue weighted by Crippen LogP contribution is 2.39. The number of fused-ring (bicyclic) bond motifs is 1. The van der Waals surface area contributed by atoms with E-state index in [1.165, 1.54) is 0 Å². The van der Waals surface area contributed by atoms with Crippen LogP contribution < -0.4 is 0 Å². The lowest BCUT2D eigenvalue weighted by Crippen LogP contribution is -2.18. The number of Topliss-reactive ketones (excluding diaryl/α,β-unsaturated/α-hetero) is 1. The molecule has 0 fully saturated rings. The first-order valence-corrected chi connectivity index (χ1v) is 6.33. The van der Waals surface area contributed by atoms with Crippen LogP contribution in [0.2, 0.25) is 0 Å². The van der Waals surface area contributed by atoms with Crippen LogP contribution in [0.5, 0.6) is 0 Å². The van der Waals surface area contributed by atoms with E-state index < -0.39 is 0 Å². The van der Waals surface area contributed by atoms with E-state index in [1.807, 2.05) is 26.8 Å². The minimum absolute atomic E-state index is 0.0595. The molecule has 3 heteroatoms. The van der Waals surface area contributed by atoms with E-state index in [2.05, 4.69) is 0 Å². The second-order valence-corrected chi connectivity index (χ2v) is 5.69. The van der Waals surface area contributed by atoms with Gasteiger partial charge >= 0.3 is 0 Å². The SMILES string of the molecule is Cc1c(CCO)c(CO)cc2c1CC(C)(C)C2=O. The highest BCUT2D eigenvalue weighted by atomic mass is 16.3. The van der Waals surface area contributed by atoms with Gasteiger partial charge in [-0.3, -0.25) is 4.79 Å². The maximum Gasteiger partial charge on any atom is 0.169 e. The molecule has 1 aliphatic rings. The molecular weight excluding hydrogens is 228 g/mol. The molecule has 2 rings (SSSR count). The first-order valence-electron chi connectivity index (χ1n) is 6.33. The van der Waals surface area contributed by atoms with Gasteiger partial charge in [-0.2, -0.15) is 0 Å². The lowest BCUT2D eigenvalue weighted by atomic mass is 9.88. The van der Waals surface area contributed by atoms with Crippen molar-refractivity contribution in [1.82, 2.24) is 0 Å². The van der Waals surface area contributed by atoms with E-state index in [4.69, 9.17) is 5.11 Å². The molecule has 98 valence electrons. The van der Waals surface area contributed by atoms with Crippen LogP contribution in [-0.2, 0) is 19.4 Å². The van der Waals surface area contributed by atoms with E-state index in [1.54, 1.807) is 0 Å². The normalized spacial score (nSPS) is 17.1. The molecule has 1 aliphatic carbocycles. The van der Waals surface area contributed by atoms with Gasteiger partial charge in [-0.1, -0.05) is 13.8 Å². The number of aliphatic hydroxyl groups excluding tert-OH is 2. The third kappa shape index (κ3) is 1.88. The van der Waals surface area contributed by atoms with Crippen molar-refractivity contribution in [3.8, 4) is 0 Å². The highest BCUT2D eigenvalue weighted by molar-refractivity contribution is 6.05. The summed E-state index contributed by atoms with van der Waals surface area (Å²) >= 11 is 0. The summed E-state index contributed by atoms with van der Waals surface area (Å²) in [7, 11) is 0. The third-order valence-corrected chi connectivity index (χ3v) is 3.95. The molecule has 0 saturated heterocycles. The second-order valence-electron chi connectivity index (χ2n) is 5.69. The van der Waals surface area contributed by atoms with Crippen molar-refractivity contribution < 1.29 is 15.0 Å². The Balaban J connectivity index is 2.62. The topological polar surface area (TPSA) is 57.5 Å². The smallest absolute Gasteiger partial charge is 0.169 e. The van der Waals surface area contributed by atoms with Crippen molar-refractivity contribution in [2.75, 3.05) is 6.61 Å². The molecule has 0 spiro atoms. The summed E-state index contributed by atoms with van der Waals surface area (Å²) < 4.78 is 0. The van der Waals surface area contributed by atoms with E-state index in [0.717, 1.165) is 34.2 Å². The predicted octanol–water partition coefficient (Wildman–Crippen LogP) is 1.79. The van der Waals surface area contributed by atoms with Gasteiger partial charge in [-0.05, 0) is 48.1 Å². The number of hydrogen-bond donors (Lipinski definition) is 2. The Labute approximate surface area is 107 Å². The van der Waals surface area contributed by atoms with Gasteiger partial charge in [-0.15, -0.1) is 0 Å². The van der Waals surface area contributed by atoms with Gasteiger partial charge < -0.3 is 10.2 Å². The molecule has 3 nitrogen and oxygen atoms in total. The van der Waals surface area contributed by atoms with Crippen LogP contribution in [0, 0.1) is 12.3 Å². The third-order valence-electron chi connectivity index (χ3n) is 3.95. The average Bonchev–Trinajstić information content (AvgIpc) is 2.55. The summed E-state index contributed by atoms with van der Waals surface area (Å²) in [5.41, 5.74) is 4.31. The van der Waals surface area contributed by atoms with Crippen LogP contribution in [0.1, 0.15) is 46.5 Å². The highest BCUT2D eigenvalue weighted by Gasteiger charge is 2.39. The average molecular weight is 248 g/mol. The van der Waals surface area contributed by atoms with Gasteiger partial charge in [0, 0.05) is 17.6 Å². The maximum atomic E-state index is 12.3. The molecule has 0 radical (unpaired) electrons. The predicted molar refractivity (Wildman–Crippen MR) is 69.7 cm³/mol. The molecule has 0 atom stereocenters. The Morgan fingerprint density at radius 1 is 1.33 bits per heavy atom. The maximum absolute atomic E-state index is 12.3. The lowest BCUT2D eigenvalue weighted by Gasteiger charge is -2.14. The molecule has 2 N–H and O–H groups in total. The van der Waals surface area contributed by atoms with Crippen LogP contribution in [-0.4, -0.2) is 22.6 Å². The summed E-state index contributed by atoms with van der Waals surface area (Å²) in [6.45, 7) is 5.87. The van der Waals surface area contributed by atoms with Crippen molar-refractivity contribution in [2.24, 2.45) is 5.41 Å². The molecule has 0 amide bonds. The van der Waals surface area contributed by atoms with Gasteiger partial charge in [0.05, 0.1) is 6.61 Å². The van der Waals surface area contributed by atoms with Crippen molar-refractivity contribution >= 4 is 5.78 Å². The van der Waals surface area contributed by atoms with Crippen LogP contribution in [0.3, 0.4) is 0 Å². The number of carbonyl (C=O) groups excluding carboxylic acids is 1. The molecule has 1 aromatic carbocycles. The summed E-state index contributed by atoms with van der Waals surface area (Å²) in [6, 6.07) is 1.81. The zero-order valence-corrected chi connectivity index (χ0v) is 11.2. The zero-order chi connectivity index (χ0) is 13.5. The fraction of sp³-hybridized carbons (Fsp3) is 0.533. The fourth-order valence-electron chi connectivity index (χ4n) is 2.89. The van der Waals surface area contributed by atoms with Gasteiger partial charge in [0.2, 0.25) is 0 Å². The number of ketones is 1. The largest absolute Gasteiger partial charge is 0.396 e. The van der Waals surface area contributed by atoms with Gasteiger partial charge in [0.25, 0.3) is 0 Å². The Kier molecular flexibility index (Phi) is 3.30. The number of benzene rings is 1. The van der Waals surface area contributed by atoms with E-state index in [0.29, 0.717) is 6.42 Å². The number of hydrogen-bond acceptors (Lipinski definition) is 3. The van der Waals surface area contributed by atoms with Crippen LogP contribution in [0.25, 0.3) is 0 Å². The summed E-state index contributed by atoms with van der Waals surface area (Å²) in [5.74, 6) is 0.158. The minimum atomic E-state index is -0.350. The summed E-state index contributed by atoms with van der Waals surface area (Å²) in [4.78, 5) is 12.3. The number of rotatable bonds is 3. The van der Waals surface area contributed by atoms with E-state index >= 15 is 0 Å². The van der Waals surface area contributed by atoms with Gasteiger partial charge in [-0.25, -0.2) is 0 Å².